The van der Waals surface area contributed by atoms with Gasteiger partial charge >= 0.3 is 6.03 Å². The summed E-state index contributed by atoms with van der Waals surface area (Å²) in [5.41, 5.74) is 3.55. The minimum atomic E-state index is -1.09. The standard InChI is InChI=1S/C29H25F3N4O3/c1-16-4-6-18(7-5-16)28-34-25(17(2)39-28)15-36-26-10-19(8-9-20(26)14-35(3)29(36)38)27(37)33-13-22-23(31)11-21(30)12-24(22)32/h4-12H,13-15H2,1-3H3,(H,33,37). The molecule has 200 valence electrons. The number of benzene rings is 3. The van der Waals surface area contributed by atoms with Crippen LogP contribution in [0.5, 0.6) is 0 Å². The summed E-state index contributed by atoms with van der Waals surface area (Å²) in [6.07, 6.45) is 0. The van der Waals surface area contributed by atoms with Crippen LogP contribution >= 0.6 is 0 Å². The fraction of sp³-hybridized carbons (Fsp3) is 0.207. The van der Waals surface area contributed by atoms with Gasteiger partial charge in [-0.25, -0.2) is 22.9 Å². The molecule has 7 nitrogen and oxygen atoms in total. The molecule has 2 heterocycles. The molecule has 0 unspecified atom stereocenters. The number of nitrogens with one attached hydrogen (secondary N) is 1. The largest absolute Gasteiger partial charge is 0.441 e. The third-order valence-electron chi connectivity index (χ3n) is 6.63. The number of oxazole rings is 1. The molecule has 0 saturated carbocycles. The molecule has 1 aliphatic rings. The molecule has 0 bridgehead atoms. The van der Waals surface area contributed by atoms with Gasteiger partial charge in [0.15, 0.2) is 0 Å². The summed E-state index contributed by atoms with van der Waals surface area (Å²) in [6.45, 7) is 3.73. The predicted molar refractivity (Wildman–Crippen MR) is 138 cm³/mol. The molecule has 1 aromatic heterocycles. The Morgan fingerprint density at radius 1 is 1.03 bits per heavy atom. The van der Waals surface area contributed by atoms with Crippen molar-refractivity contribution in [3.05, 3.63) is 106 Å². The highest BCUT2D eigenvalue weighted by atomic mass is 19.1. The molecule has 3 amide bonds. The fourth-order valence-corrected chi connectivity index (χ4v) is 4.43. The van der Waals surface area contributed by atoms with Crippen molar-refractivity contribution >= 4 is 17.6 Å². The van der Waals surface area contributed by atoms with Gasteiger partial charge in [0.2, 0.25) is 5.89 Å². The molecule has 5 rings (SSSR count). The van der Waals surface area contributed by atoms with E-state index in [0.717, 1.165) is 16.7 Å². The maximum Gasteiger partial charge on any atom is 0.324 e. The Balaban J connectivity index is 1.40. The SMILES string of the molecule is Cc1ccc(-c2nc(CN3C(=O)N(C)Cc4ccc(C(=O)NCc5c(F)cc(F)cc5F)cc43)c(C)o2)cc1. The van der Waals surface area contributed by atoms with Crippen LogP contribution in [0.2, 0.25) is 0 Å². The second kappa shape index (κ2) is 10.3. The zero-order chi connectivity index (χ0) is 27.8. The van der Waals surface area contributed by atoms with E-state index in [-0.39, 0.29) is 18.1 Å². The van der Waals surface area contributed by atoms with E-state index >= 15 is 0 Å². The van der Waals surface area contributed by atoms with Crippen LogP contribution < -0.4 is 10.2 Å². The second-order valence-electron chi connectivity index (χ2n) is 9.49. The molecule has 3 aromatic carbocycles. The first-order valence-electron chi connectivity index (χ1n) is 12.2. The average molecular weight is 535 g/mol. The number of fused-ring (bicyclic) bond motifs is 1. The molecule has 0 saturated heterocycles. The molecule has 0 spiro atoms. The van der Waals surface area contributed by atoms with E-state index in [2.05, 4.69) is 10.3 Å². The topological polar surface area (TPSA) is 78.7 Å². The minimum Gasteiger partial charge on any atom is -0.441 e. The summed E-state index contributed by atoms with van der Waals surface area (Å²) in [6, 6.07) is 13.4. The lowest BCUT2D eigenvalue weighted by Gasteiger charge is -2.35. The highest BCUT2D eigenvalue weighted by Gasteiger charge is 2.30. The molecular weight excluding hydrogens is 509 g/mol. The number of aromatic nitrogens is 1. The molecule has 1 aliphatic heterocycles. The number of nitrogens with zero attached hydrogens (tertiary/aromatic N) is 3. The molecule has 0 atom stereocenters. The highest BCUT2D eigenvalue weighted by Crippen LogP contribution is 2.32. The van der Waals surface area contributed by atoms with Gasteiger partial charge in [-0.3, -0.25) is 9.69 Å². The molecule has 39 heavy (non-hydrogen) atoms. The van der Waals surface area contributed by atoms with Gasteiger partial charge in [-0.1, -0.05) is 23.8 Å². The van der Waals surface area contributed by atoms with Crippen molar-refractivity contribution in [1.29, 1.82) is 0 Å². The number of carbonyl (C=O) groups is 2. The van der Waals surface area contributed by atoms with Crippen molar-refractivity contribution in [3.63, 3.8) is 0 Å². The minimum absolute atomic E-state index is 0.106. The summed E-state index contributed by atoms with van der Waals surface area (Å²) >= 11 is 0. The first-order valence-corrected chi connectivity index (χ1v) is 12.2. The molecule has 4 aromatic rings. The Morgan fingerprint density at radius 2 is 1.72 bits per heavy atom. The van der Waals surface area contributed by atoms with Crippen LogP contribution in [0.3, 0.4) is 0 Å². The summed E-state index contributed by atoms with van der Waals surface area (Å²) in [5, 5.41) is 2.46. The van der Waals surface area contributed by atoms with Gasteiger partial charge in [-0.15, -0.1) is 0 Å². The van der Waals surface area contributed by atoms with Crippen LogP contribution in [-0.4, -0.2) is 28.9 Å². The quantitative estimate of drug-likeness (QED) is 0.335. The first kappa shape index (κ1) is 26.0. The van der Waals surface area contributed by atoms with E-state index in [1.165, 1.54) is 4.90 Å². The zero-order valence-electron chi connectivity index (χ0n) is 21.5. The van der Waals surface area contributed by atoms with Crippen LogP contribution in [0.1, 0.15) is 38.5 Å². The summed E-state index contributed by atoms with van der Waals surface area (Å²) in [7, 11) is 1.68. The monoisotopic (exact) mass is 534 g/mol. The number of halogens is 3. The number of carbonyl (C=O) groups excluding carboxylic acids is 2. The van der Waals surface area contributed by atoms with Crippen molar-refractivity contribution < 1.29 is 27.2 Å². The third kappa shape index (κ3) is 5.22. The number of hydrogen-bond acceptors (Lipinski definition) is 4. The third-order valence-corrected chi connectivity index (χ3v) is 6.63. The van der Waals surface area contributed by atoms with E-state index in [0.29, 0.717) is 41.7 Å². The molecule has 0 fully saturated rings. The van der Waals surface area contributed by atoms with Crippen LogP contribution in [0.4, 0.5) is 23.7 Å². The van der Waals surface area contributed by atoms with E-state index in [4.69, 9.17) is 4.42 Å². The molecule has 10 heteroatoms. The number of urea groups is 1. The van der Waals surface area contributed by atoms with Gasteiger partial charge in [0.1, 0.15) is 28.9 Å². The zero-order valence-corrected chi connectivity index (χ0v) is 21.5. The Hall–Kier alpha value is -4.60. The maximum atomic E-state index is 14.0. The number of rotatable bonds is 6. The van der Waals surface area contributed by atoms with E-state index in [1.54, 1.807) is 37.1 Å². The Kier molecular flexibility index (Phi) is 6.86. The van der Waals surface area contributed by atoms with Gasteiger partial charge in [0.05, 0.1) is 12.2 Å². The lowest BCUT2D eigenvalue weighted by Crippen LogP contribution is -2.45. The van der Waals surface area contributed by atoms with E-state index in [1.807, 2.05) is 31.2 Å². The summed E-state index contributed by atoms with van der Waals surface area (Å²) in [5.74, 6) is -2.83. The highest BCUT2D eigenvalue weighted by molar-refractivity contribution is 5.99. The van der Waals surface area contributed by atoms with Crippen molar-refractivity contribution in [3.8, 4) is 11.5 Å². The Labute approximate surface area is 222 Å². The van der Waals surface area contributed by atoms with Crippen molar-refractivity contribution in [2.75, 3.05) is 11.9 Å². The normalized spacial score (nSPS) is 13.0. The maximum absolute atomic E-state index is 14.0. The van der Waals surface area contributed by atoms with Gasteiger partial charge in [0.25, 0.3) is 5.91 Å². The predicted octanol–water partition coefficient (Wildman–Crippen LogP) is 5.88. The van der Waals surface area contributed by atoms with Gasteiger partial charge in [0, 0.05) is 49.0 Å². The molecule has 1 N–H and O–H groups in total. The van der Waals surface area contributed by atoms with Gasteiger partial charge < -0.3 is 14.6 Å². The fourth-order valence-electron chi connectivity index (χ4n) is 4.43. The number of amides is 3. The Bertz CT molecular complexity index is 1560. The second-order valence-corrected chi connectivity index (χ2v) is 9.49. The Morgan fingerprint density at radius 3 is 2.41 bits per heavy atom. The first-order chi connectivity index (χ1) is 18.6. The van der Waals surface area contributed by atoms with Gasteiger partial charge in [-0.05, 0) is 43.7 Å². The van der Waals surface area contributed by atoms with Crippen LogP contribution in [0.25, 0.3) is 11.5 Å². The summed E-state index contributed by atoms with van der Waals surface area (Å²) < 4.78 is 47.1. The number of aryl methyl sites for hydroxylation is 2. The average Bonchev–Trinajstić information content (AvgIpc) is 3.26. The molecule has 0 radical (unpaired) electrons. The van der Waals surface area contributed by atoms with Crippen molar-refractivity contribution in [2.45, 2.75) is 33.5 Å². The van der Waals surface area contributed by atoms with Crippen molar-refractivity contribution in [2.24, 2.45) is 0 Å². The number of anilines is 1. The van der Waals surface area contributed by atoms with E-state index in [9.17, 15) is 22.8 Å². The van der Waals surface area contributed by atoms with Crippen molar-refractivity contribution in [1.82, 2.24) is 15.2 Å². The van der Waals surface area contributed by atoms with E-state index < -0.39 is 35.5 Å². The van der Waals surface area contributed by atoms with Crippen LogP contribution in [0, 0.1) is 31.3 Å². The molecule has 0 aliphatic carbocycles. The van der Waals surface area contributed by atoms with Crippen LogP contribution in [-0.2, 0) is 19.6 Å². The summed E-state index contributed by atoms with van der Waals surface area (Å²) in [4.78, 5) is 33.8. The van der Waals surface area contributed by atoms with Crippen LogP contribution in [0.15, 0.2) is 59.0 Å². The smallest absolute Gasteiger partial charge is 0.324 e. The number of hydrogen-bond donors (Lipinski definition) is 1. The lowest BCUT2D eigenvalue weighted by atomic mass is 10.0. The van der Waals surface area contributed by atoms with Gasteiger partial charge in [-0.2, -0.15) is 0 Å². The lowest BCUT2D eigenvalue weighted by molar-refractivity contribution is 0.0950. The molecular formula is C29H25F3N4O3.